The summed E-state index contributed by atoms with van der Waals surface area (Å²) in [5, 5.41) is 0. The fourth-order valence-electron chi connectivity index (χ4n) is 0.0285. The van der Waals surface area contributed by atoms with Gasteiger partial charge in [0.2, 0.25) is 0 Å². The lowest BCUT2D eigenvalue weighted by atomic mass is 15.9. The van der Waals surface area contributed by atoms with Crippen molar-refractivity contribution in [3.05, 3.63) is 0 Å². The summed E-state index contributed by atoms with van der Waals surface area (Å²) in [6.45, 7) is 0. The van der Waals surface area contributed by atoms with Gasteiger partial charge in [0.1, 0.15) is 0 Å². The Morgan fingerprint density at radius 1 is 1.60 bits per heavy atom. The largest absolute Gasteiger partial charge is 0.332 e. The summed E-state index contributed by atoms with van der Waals surface area (Å²) in [5.41, 5.74) is 0. The lowest BCUT2D eigenvalue weighted by Gasteiger charge is -1.60. The molecule has 1 aliphatic heterocycles. The fraction of sp³-hybridized carbons (Fsp3) is 0. The van der Waals surface area contributed by atoms with Gasteiger partial charge >= 0.3 is 5.77 Å². The van der Waals surface area contributed by atoms with E-state index in [2.05, 4.69) is 0 Å². The highest BCUT2D eigenvalue weighted by molar-refractivity contribution is 9.44. The van der Waals surface area contributed by atoms with E-state index in [1.807, 2.05) is 0 Å². The first-order valence-electron chi connectivity index (χ1n) is 0.914. The average Bonchev–Trinajstić information content (AvgIpc) is 1.76. The minimum Gasteiger partial charge on any atom is -0.328 e. The SMILES string of the molecule is O=P1(O)SS1. The van der Waals surface area contributed by atoms with Crippen molar-refractivity contribution in [2.24, 2.45) is 0 Å². The first-order chi connectivity index (χ1) is 2.21. The molecule has 1 saturated heterocycles. The smallest absolute Gasteiger partial charge is 0.328 e. The van der Waals surface area contributed by atoms with Crippen LogP contribution >= 0.6 is 26.6 Å². The molecule has 0 atom stereocenters. The van der Waals surface area contributed by atoms with Gasteiger partial charge in [0.25, 0.3) is 0 Å². The summed E-state index contributed by atoms with van der Waals surface area (Å²) in [6.07, 6.45) is 0. The summed E-state index contributed by atoms with van der Waals surface area (Å²) in [5.74, 6) is -2.56. The Hall–Kier alpha value is 0.890. The van der Waals surface area contributed by atoms with Crippen molar-refractivity contribution in [3.63, 3.8) is 0 Å². The van der Waals surface area contributed by atoms with E-state index in [9.17, 15) is 4.57 Å². The minimum atomic E-state index is -2.56. The summed E-state index contributed by atoms with van der Waals surface area (Å²) in [6, 6.07) is 0. The van der Waals surface area contributed by atoms with Crippen LogP contribution in [0.2, 0.25) is 0 Å². The highest BCUT2D eigenvalue weighted by atomic mass is 33.8. The Labute approximate surface area is 36.7 Å². The maximum absolute atomic E-state index is 9.81. The molecular weight excluding hydrogens is 127 g/mol. The van der Waals surface area contributed by atoms with Gasteiger partial charge in [-0.25, -0.2) is 0 Å². The zero-order valence-corrected chi connectivity index (χ0v) is 4.65. The molecule has 1 heterocycles. The maximum atomic E-state index is 9.81. The van der Waals surface area contributed by atoms with Crippen LogP contribution in [0.25, 0.3) is 0 Å². The van der Waals surface area contributed by atoms with Crippen molar-refractivity contribution in [1.82, 2.24) is 0 Å². The van der Waals surface area contributed by atoms with E-state index in [1.54, 1.807) is 0 Å². The average molecular weight is 128 g/mol. The summed E-state index contributed by atoms with van der Waals surface area (Å²) in [7, 11) is 2.11. The molecule has 0 saturated carbocycles. The molecule has 2 nitrogen and oxygen atoms in total. The highest BCUT2D eigenvalue weighted by Crippen LogP contribution is 2.92. The normalized spacial score (nSPS) is 29.8. The molecule has 30 valence electrons. The van der Waals surface area contributed by atoms with Gasteiger partial charge in [-0.1, -0.05) is 0 Å². The van der Waals surface area contributed by atoms with E-state index in [1.165, 1.54) is 0 Å². The van der Waals surface area contributed by atoms with E-state index in [4.69, 9.17) is 4.89 Å². The van der Waals surface area contributed by atoms with Crippen LogP contribution in [0, 0.1) is 0 Å². The molecule has 1 rings (SSSR count). The summed E-state index contributed by atoms with van der Waals surface area (Å²) >= 11 is 0. The zero-order valence-electron chi connectivity index (χ0n) is 2.12. The molecular formula is HO2PS2. The van der Waals surface area contributed by atoms with Crippen LogP contribution < -0.4 is 0 Å². The van der Waals surface area contributed by atoms with Crippen LogP contribution in [0.15, 0.2) is 0 Å². The van der Waals surface area contributed by atoms with E-state index in [0.717, 1.165) is 20.8 Å². The second-order valence-electron chi connectivity index (χ2n) is 0.618. The second-order valence-corrected chi connectivity index (χ2v) is 9.09. The van der Waals surface area contributed by atoms with E-state index < -0.39 is 5.77 Å². The molecule has 0 aliphatic carbocycles. The molecule has 0 radical (unpaired) electrons. The number of hydrogen-bond donors (Lipinski definition) is 1. The molecule has 1 N–H and O–H groups in total. The van der Waals surface area contributed by atoms with Crippen molar-refractivity contribution in [2.75, 3.05) is 0 Å². The lowest BCUT2D eigenvalue weighted by Crippen LogP contribution is -1.27. The molecule has 0 aromatic heterocycles. The minimum absolute atomic E-state index is 1.05. The molecule has 0 unspecified atom stereocenters. The van der Waals surface area contributed by atoms with Crippen LogP contribution in [0.1, 0.15) is 0 Å². The Morgan fingerprint density at radius 3 is 1.80 bits per heavy atom. The van der Waals surface area contributed by atoms with Crippen molar-refractivity contribution < 1.29 is 9.46 Å². The van der Waals surface area contributed by atoms with Gasteiger partial charge < -0.3 is 4.89 Å². The number of hydrogen-bond acceptors (Lipinski definition) is 3. The molecule has 0 amide bonds. The molecule has 5 heavy (non-hydrogen) atoms. The standard InChI is InChI=1S/HO2PS2/c1-3(2)4-5-3/h(H,1,2). The fourth-order valence-corrected chi connectivity index (χ4v) is 2.31. The molecule has 1 aliphatic rings. The monoisotopic (exact) mass is 128 g/mol. The lowest BCUT2D eigenvalue weighted by molar-refractivity contribution is 0.516. The first kappa shape index (κ1) is 4.06. The van der Waals surface area contributed by atoms with Gasteiger partial charge in [0, 0.05) is 20.8 Å². The first-order valence-corrected chi connectivity index (χ1v) is 5.93. The van der Waals surface area contributed by atoms with Gasteiger partial charge in [0.15, 0.2) is 0 Å². The number of rotatable bonds is 0. The van der Waals surface area contributed by atoms with Crippen LogP contribution in [0.5, 0.6) is 0 Å². The molecule has 0 bridgehead atoms. The third-order valence-corrected chi connectivity index (χ3v) is 5.46. The third-order valence-electron chi connectivity index (χ3n) is 0.202. The van der Waals surface area contributed by atoms with Crippen molar-refractivity contribution in [3.8, 4) is 0 Å². The van der Waals surface area contributed by atoms with Gasteiger partial charge in [0.05, 0.1) is 0 Å². The predicted octanol–water partition coefficient (Wildman–Crippen LogP) is 1.48. The Bertz CT molecular complexity index is 79.6. The van der Waals surface area contributed by atoms with Gasteiger partial charge in [-0.2, -0.15) is 0 Å². The van der Waals surface area contributed by atoms with Crippen molar-refractivity contribution >= 4 is 26.6 Å². The second kappa shape index (κ2) is 0.936. The summed E-state index contributed by atoms with van der Waals surface area (Å²) < 4.78 is 9.81. The molecule has 0 aromatic rings. The summed E-state index contributed by atoms with van der Waals surface area (Å²) in [4.78, 5) is 8.11. The van der Waals surface area contributed by atoms with E-state index in [0.29, 0.717) is 0 Å². The van der Waals surface area contributed by atoms with Gasteiger partial charge in [-0.3, -0.25) is 4.57 Å². The van der Waals surface area contributed by atoms with E-state index >= 15 is 0 Å². The Balaban J connectivity index is 2.72. The van der Waals surface area contributed by atoms with Crippen molar-refractivity contribution in [2.45, 2.75) is 0 Å². The molecule has 1 fully saturated rings. The predicted molar refractivity (Wildman–Crippen MR) is 25.0 cm³/mol. The van der Waals surface area contributed by atoms with E-state index in [-0.39, 0.29) is 0 Å². The Kier molecular flexibility index (Phi) is 0.760. The van der Waals surface area contributed by atoms with Crippen LogP contribution in [-0.2, 0) is 4.57 Å². The zero-order chi connectivity index (χ0) is 3.91. The van der Waals surface area contributed by atoms with Gasteiger partial charge in [-0.05, 0) is 0 Å². The van der Waals surface area contributed by atoms with Gasteiger partial charge in [-0.15, -0.1) is 0 Å². The van der Waals surface area contributed by atoms with Crippen LogP contribution in [0.4, 0.5) is 0 Å². The molecule has 0 spiro atoms. The quantitative estimate of drug-likeness (QED) is 0.304. The maximum Gasteiger partial charge on any atom is 0.332 e. The molecule has 0 aromatic carbocycles. The topological polar surface area (TPSA) is 37.3 Å². The Morgan fingerprint density at radius 2 is 1.80 bits per heavy atom. The third kappa shape index (κ3) is 1.18. The molecule has 5 heteroatoms. The van der Waals surface area contributed by atoms with Crippen LogP contribution in [-0.4, -0.2) is 4.89 Å². The van der Waals surface area contributed by atoms with Crippen molar-refractivity contribution in [1.29, 1.82) is 0 Å². The highest BCUT2D eigenvalue weighted by Gasteiger charge is 2.37. The van der Waals surface area contributed by atoms with Crippen LogP contribution in [0.3, 0.4) is 0 Å².